The Balaban J connectivity index is 1.58. The summed E-state index contributed by atoms with van der Waals surface area (Å²) in [5.41, 5.74) is 4.15. The van der Waals surface area contributed by atoms with Gasteiger partial charge in [0, 0.05) is 28.8 Å². The lowest BCUT2D eigenvalue weighted by Gasteiger charge is -2.27. The van der Waals surface area contributed by atoms with Crippen LogP contribution in [-0.2, 0) is 4.74 Å². The molecule has 0 atom stereocenters. The van der Waals surface area contributed by atoms with Gasteiger partial charge in [-0.1, -0.05) is 15.9 Å². The highest BCUT2D eigenvalue weighted by Gasteiger charge is 2.17. The molecule has 0 unspecified atom stereocenters. The van der Waals surface area contributed by atoms with Crippen molar-refractivity contribution >= 4 is 61.6 Å². The number of nitrogens with zero attached hydrogens (tertiary/aromatic N) is 5. The fourth-order valence-electron chi connectivity index (χ4n) is 3.02. The van der Waals surface area contributed by atoms with E-state index in [1.807, 2.05) is 29.2 Å². The first-order valence-electron chi connectivity index (χ1n) is 9.99. The van der Waals surface area contributed by atoms with E-state index in [2.05, 4.69) is 62.7 Å². The maximum absolute atomic E-state index is 10.2. The molecule has 10 nitrogen and oxygen atoms in total. The van der Waals surface area contributed by atoms with Gasteiger partial charge in [-0.05, 0) is 52.3 Å². The van der Waals surface area contributed by atoms with Gasteiger partial charge < -0.3 is 24.8 Å². The van der Waals surface area contributed by atoms with Crippen molar-refractivity contribution < 1.29 is 14.6 Å². The third kappa shape index (κ3) is 6.09. The molecule has 0 radical (unpaired) electrons. The minimum Gasteiger partial charge on any atom is -0.506 e. The maximum atomic E-state index is 10.2. The number of morpholine rings is 1. The topological polar surface area (TPSA) is 117 Å². The molecule has 3 aromatic rings. The average molecular weight is 579 g/mol. The largest absolute Gasteiger partial charge is 0.506 e. The molecule has 1 fully saturated rings. The van der Waals surface area contributed by atoms with E-state index in [-0.39, 0.29) is 11.7 Å². The Hall–Kier alpha value is -2.96. The smallest absolute Gasteiger partial charge is 0.250 e. The SMILES string of the molecule is COc1ccc(Nc2nc(N/N=C/c3cc(Br)cc(Br)c3O)nc(N3CCOCC3)n2)cc1. The predicted molar refractivity (Wildman–Crippen MR) is 134 cm³/mol. The maximum Gasteiger partial charge on any atom is 0.250 e. The summed E-state index contributed by atoms with van der Waals surface area (Å²) in [7, 11) is 1.62. The lowest BCUT2D eigenvalue weighted by atomic mass is 10.2. The fraction of sp³-hybridized carbons (Fsp3) is 0.238. The van der Waals surface area contributed by atoms with Crippen LogP contribution < -0.4 is 20.4 Å². The Morgan fingerprint density at radius 3 is 2.55 bits per heavy atom. The number of aromatic hydroxyl groups is 1. The van der Waals surface area contributed by atoms with Crippen LogP contribution in [0.3, 0.4) is 0 Å². The van der Waals surface area contributed by atoms with Gasteiger partial charge in [0.2, 0.25) is 17.8 Å². The van der Waals surface area contributed by atoms with Crippen molar-refractivity contribution in [3.05, 3.63) is 50.9 Å². The minimum absolute atomic E-state index is 0.0789. The van der Waals surface area contributed by atoms with Crippen LogP contribution in [0.15, 0.2) is 50.4 Å². The van der Waals surface area contributed by atoms with Gasteiger partial charge in [0.05, 0.1) is 31.0 Å². The van der Waals surface area contributed by atoms with E-state index in [0.29, 0.717) is 48.2 Å². The Morgan fingerprint density at radius 1 is 1.09 bits per heavy atom. The summed E-state index contributed by atoms with van der Waals surface area (Å²) in [6.45, 7) is 2.55. The second-order valence-electron chi connectivity index (χ2n) is 6.93. The lowest BCUT2D eigenvalue weighted by Crippen LogP contribution is -2.37. The molecule has 33 heavy (non-hydrogen) atoms. The van der Waals surface area contributed by atoms with Crippen LogP contribution in [0.5, 0.6) is 11.5 Å². The minimum atomic E-state index is 0.0789. The number of phenols is 1. The predicted octanol–water partition coefficient (Wildman–Crippen LogP) is 4.14. The van der Waals surface area contributed by atoms with E-state index in [9.17, 15) is 5.11 Å². The lowest BCUT2D eigenvalue weighted by molar-refractivity contribution is 0.122. The number of rotatable bonds is 7. The van der Waals surface area contributed by atoms with Crippen LogP contribution in [0.25, 0.3) is 0 Å². The number of methoxy groups -OCH3 is 1. The van der Waals surface area contributed by atoms with Gasteiger partial charge in [0.1, 0.15) is 11.5 Å². The van der Waals surface area contributed by atoms with Gasteiger partial charge in [-0.3, -0.25) is 0 Å². The van der Waals surface area contributed by atoms with Gasteiger partial charge in [-0.2, -0.15) is 20.1 Å². The van der Waals surface area contributed by atoms with E-state index < -0.39 is 0 Å². The molecule has 1 aliphatic rings. The highest BCUT2D eigenvalue weighted by Crippen LogP contribution is 2.30. The molecule has 0 saturated carbocycles. The summed E-state index contributed by atoms with van der Waals surface area (Å²) in [6.07, 6.45) is 1.49. The zero-order chi connectivity index (χ0) is 23.2. The Morgan fingerprint density at radius 2 is 1.82 bits per heavy atom. The van der Waals surface area contributed by atoms with Crippen LogP contribution in [0.2, 0.25) is 0 Å². The summed E-state index contributed by atoms with van der Waals surface area (Å²) in [5.74, 6) is 1.96. The van der Waals surface area contributed by atoms with E-state index in [1.54, 1.807) is 19.2 Å². The molecular weight excluding hydrogens is 558 g/mol. The molecule has 1 saturated heterocycles. The zero-order valence-corrected chi connectivity index (χ0v) is 20.8. The van der Waals surface area contributed by atoms with Crippen LogP contribution in [-0.4, -0.2) is 59.7 Å². The Labute approximate surface area is 207 Å². The van der Waals surface area contributed by atoms with Crippen molar-refractivity contribution in [3.63, 3.8) is 0 Å². The van der Waals surface area contributed by atoms with E-state index in [0.717, 1.165) is 15.9 Å². The van der Waals surface area contributed by atoms with E-state index >= 15 is 0 Å². The molecule has 0 amide bonds. The number of anilines is 4. The molecule has 1 aliphatic heterocycles. The number of nitrogens with one attached hydrogen (secondary N) is 2. The Bertz CT molecular complexity index is 1140. The summed E-state index contributed by atoms with van der Waals surface area (Å²) >= 11 is 6.71. The highest BCUT2D eigenvalue weighted by molar-refractivity contribution is 9.11. The van der Waals surface area contributed by atoms with E-state index in [1.165, 1.54) is 6.21 Å². The average Bonchev–Trinajstić information content (AvgIpc) is 2.83. The summed E-state index contributed by atoms with van der Waals surface area (Å²) in [6, 6.07) is 10.9. The third-order valence-electron chi connectivity index (χ3n) is 4.69. The highest BCUT2D eigenvalue weighted by atomic mass is 79.9. The fourth-order valence-corrected chi connectivity index (χ4v) is 4.28. The number of halogens is 2. The van der Waals surface area contributed by atoms with Crippen molar-refractivity contribution in [1.29, 1.82) is 0 Å². The van der Waals surface area contributed by atoms with Crippen LogP contribution in [0.1, 0.15) is 5.56 Å². The number of hydrogen-bond donors (Lipinski definition) is 3. The second kappa shape index (κ2) is 10.8. The van der Waals surface area contributed by atoms with Gasteiger partial charge in [0.15, 0.2) is 0 Å². The molecule has 4 rings (SSSR count). The molecule has 3 N–H and O–H groups in total. The molecule has 0 spiro atoms. The van der Waals surface area contributed by atoms with Crippen molar-refractivity contribution in [2.75, 3.05) is 49.1 Å². The molecule has 172 valence electrons. The molecule has 12 heteroatoms. The molecule has 2 aromatic carbocycles. The van der Waals surface area contributed by atoms with Gasteiger partial charge in [-0.25, -0.2) is 5.43 Å². The number of phenolic OH excluding ortho intramolecular Hbond substituents is 1. The molecule has 2 heterocycles. The molecule has 0 aliphatic carbocycles. The van der Waals surface area contributed by atoms with Crippen LogP contribution in [0.4, 0.5) is 23.5 Å². The van der Waals surface area contributed by atoms with Gasteiger partial charge >= 0.3 is 0 Å². The number of benzene rings is 2. The number of hydrogen-bond acceptors (Lipinski definition) is 10. The standard InChI is InChI=1S/C21H21Br2N7O3/c1-32-16-4-2-15(3-5-16)25-19-26-20(28-21(27-19)30-6-8-33-9-7-30)29-24-12-13-10-14(22)11-17(23)18(13)31/h2-5,10-12,31H,6-9H2,1H3,(H2,25,26,27,28,29)/b24-12+. The molecular formula is C21H21Br2N7O3. The van der Waals surface area contributed by atoms with Crippen molar-refractivity contribution in [1.82, 2.24) is 15.0 Å². The van der Waals surface area contributed by atoms with Gasteiger partial charge in [-0.15, -0.1) is 0 Å². The first-order valence-corrected chi connectivity index (χ1v) is 11.6. The third-order valence-corrected chi connectivity index (χ3v) is 5.75. The van der Waals surface area contributed by atoms with Crippen LogP contribution in [0, 0.1) is 0 Å². The summed E-state index contributed by atoms with van der Waals surface area (Å²) < 4.78 is 12.0. The first kappa shape index (κ1) is 23.2. The van der Waals surface area contributed by atoms with Gasteiger partial charge in [0.25, 0.3) is 0 Å². The van der Waals surface area contributed by atoms with E-state index in [4.69, 9.17) is 9.47 Å². The molecule has 0 bridgehead atoms. The number of aromatic nitrogens is 3. The van der Waals surface area contributed by atoms with Crippen molar-refractivity contribution in [2.24, 2.45) is 5.10 Å². The van der Waals surface area contributed by atoms with Crippen molar-refractivity contribution in [2.45, 2.75) is 0 Å². The molecule has 1 aromatic heterocycles. The summed E-state index contributed by atoms with van der Waals surface area (Å²) in [5, 5.41) is 17.6. The number of hydrazone groups is 1. The Kier molecular flexibility index (Phi) is 7.57. The monoisotopic (exact) mass is 577 g/mol. The van der Waals surface area contributed by atoms with Crippen LogP contribution >= 0.6 is 31.9 Å². The number of ether oxygens (including phenoxy) is 2. The normalized spacial score (nSPS) is 13.8. The first-order chi connectivity index (χ1) is 16.0. The zero-order valence-electron chi connectivity index (χ0n) is 17.6. The second-order valence-corrected chi connectivity index (χ2v) is 8.70. The quantitative estimate of drug-likeness (QED) is 0.281. The summed E-state index contributed by atoms with van der Waals surface area (Å²) in [4.78, 5) is 15.5. The van der Waals surface area contributed by atoms with Crippen molar-refractivity contribution in [3.8, 4) is 11.5 Å².